The van der Waals surface area contributed by atoms with Gasteiger partial charge in [0, 0.05) is 0 Å². The molecule has 31 heavy (non-hydrogen) atoms. The maximum Gasteiger partial charge on any atom is 0.460 e. The highest BCUT2D eigenvalue weighted by Gasteiger charge is 2.81. The van der Waals surface area contributed by atoms with Crippen LogP contribution in [0, 0.1) is 0 Å². The number of alkyl halides is 9. The van der Waals surface area contributed by atoms with Crippen LogP contribution in [0.3, 0.4) is 0 Å². The number of rotatable bonds is 9. The van der Waals surface area contributed by atoms with E-state index >= 15 is 0 Å². The molecule has 0 radical (unpaired) electrons. The van der Waals surface area contributed by atoms with E-state index < -0.39 is 66.7 Å². The van der Waals surface area contributed by atoms with Crippen molar-refractivity contribution in [3.8, 4) is 0 Å². The van der Waals surface area contributed by atoms with Crippen molar-refractivity contribution in [3.63, 3.8) is 0 Å². The molecule has 1 aromatic heterocycles. The summed E-state index contributed by atoms with van der Waals surface area (Å²) in [4.78, 5) is 36.5. The first-order valence-corrected chi connectivity index (χ1v) is 8.02. The highest BCUT2D eigenvalue weighted by Crippen LogP contribution is 2.53. The van der Waals surface area contributed by atoms with Crippen LogP contribution in [0.5, 0.6) is 0 Å². The fraction of sp³-hybridized carbons (Fsp3) is 0.438. The van der Waals surface area contributed by atoms with Crippen LogP contribution in [0.25, 0.3) is 0 Å². The van der Waals surface area contributed by atoms with Crippen molar-refractivity contribution < 1.29 is 39.5 Å². The molecule has 174 valence electrons. The van der Waals surface area contributed by atoms with E-state index in [1.165, 1.54) is 0 Å². The van der Waals surface area contributed by atoms with E-state index in [9.17, 15) is 53.9 Å². The van der Waals surface area contributed by atoms with Gasteiger partial charge >= 0.3 is 41.0 Å². The Labute approximate surface area is 166 Å². The first kappa shape index (κ1) is 26.0. The lowest BCUT2D eigenvalue weighted by molar-refractivity contribution is -0.388. The van der Waals surface area contributed by atoms with E-state index in [0.29, 0.717) is 9.13 Å². The molecule has 0 N–H and O–H groups in total. The van der Waals surface area contributed by atoms with Gasteiger partial charge in [0.15, 0.2) is 0 Å². The van der Waals surface area contributed by atoms with Gasteiger partial charge in [0.05, 0.1) is 19.6 Å². The standard InChI is InChI=1S/C16H14F9N3O3/c1-3-7-26-10(29)27(8-4-2)12(31)28(11(26)30)9-5-6-13(17,18)14(19,20)15(21,22)16(23,24)25/h3-6H,1-2,7-9H2/b6-5+. The van der Waals surface area contributed by atoms with E-state index in [1.54, 1.807) is 0 Å². The highest BCUT2D eigenvalue weighted by molar-refractivity contribution is 5.10. The van der Waals surface area contributed by atoms with Crippen LogP contribution in [-0.4, -0.2) is 37.6 Å². The van der Waals surface area contributed by atoms with Crippen molar-refractivity contribution >= 4 is 0 Å². The van der Waals surface area contributed by atoms with Crippen molar-refractivity contribution in [1.82, 2.24) is 13.7 Å². The van der Waals surface area contributed by atoms with Gasteiger partial charge < -0.3 is 0 Å². The number of aromatic nitrogens is 3. The smallest absolute Gasteiger partial charge is 0.247 e. The number of nitrogens with zero attached hydrogens (tertiary/aromatic N) is 3. The minimum absolute atomic E-state index is 0.0792. The monoisotopic (exact) mass is 467 g/mol. The largest absolute Gasteiger partial charge is 0.460 e. The lowest BCUT2D eigenvalue weighted by Crippen LogP contribution is -2.60. The van der Waals surface area contributed by atoms with Gasteiger partial charge in [-0.25, -0.2) is 28.1 Å². The Balaban J connectivity index is 3.47. The summed E-state index contributed by atoms with van der Waals surface area (Å²) in [5, 5.41) is 0. The number of hydrogen-bond acceptors (Lipinski definition) is 3. The van der Waals surface area contributed by atoms with Crippen molar-refractivity contribution in [2.75, 3.05) is 0 Å². The molecule has 0 aromatic carbocycles. The predicted octanol–water partition coefficient (Wildman–Crippen LogP) is 2.57. The van der Waals surface area contributed by atoms with Crippen LogP contribution in [0.1, 0.15) is 0 Å². The molecule has 15 heteroatoms. The van der Waals surface area contributed by atoms with Crippen molar-refractivity contribution in [2.45, 2.75) is 43.6 Å². The molecule has 0 amide bonds. The Kier molecular flexibility index (Phi) is 7.24. The molecule has 0 aliphatic rings. The summed E-state index contributed by atoms with van der Waals surface area (Å²) in [5.41, 5.74) is -3.93. The molecule has 0 unspecified atom stereocenters. The molecule has 0 atom stereocenters. The minimum Gasteiger partial charge on any atom is -0.247 e. The van der Waals surface area contributed by atoms with E-state index in [-0.39, 0.29) is 10.6 Å². The summed E-state index contributed by atoms with van der Waals surface area (Å²) < 4.78 is 117. The third-order valence-electron chi connectivity index (χ3n) is 3.79. The highest BCUT2D eigenvalue weighted by atomic mass is 19.4. The molecule has 0 saturated carbocycles. The lowest BCUT2D eigenvalue weighted by Gasteiger charge is -2.32. The van der Waals surface area contributed by atoms with E-state index in [2.05, 4.69) is 13.2 Å². The van der Waals surface area contributed by atoms with Crippen LogP contribution in [0.15, 0.2) is 51.8 Å². The average Bonchev–Trinajstić information content (AvgIpc) is 2.63. The molecular formula is C16H14F9N3O3. The Hall–Kier alpha value is -3.00. The fourth-order valence-corrected chi connectivity index (χ4v) is 2.21. The zero-order valence-electron chi connectivity index (χ0n) is 15.3. The first-order valence-electron chi connectivity index (χ1n) is 8.02. The van der Waals surface area contributed by atoms with Crippen LogP contribution in [0.2, 0.25) is 0 Å². The molecule has 0 spiro atoms. The van der Waals surface area contributed by atoms with Crippen LogP contribution in [0.4, 0.5) is 39.5 Å². The molecule has 1 heterocycles. The summed E-state index contributed by atoms with van der Waals surface area (Å²) in [6.45, 7) is 4.35. The maximum atomic E-state index is 13.5. The topological polar surface area (TPSA) is 66.0 Å². The number of halogens is 9. The van der Waals surface area contributed by atoms with Gasteiger partial charge in [-0.1, -0.05) is 18.2 Å². The van der Waals surface area contributed by atoms with Gasteiger partial charge in [-0.15, -0.1) is 13.2 Å². The van der Waals surface area contributed by atoms with Gasteiger partial charge in [0.1, 0.15) is 0 Å². The maximum absolute atomic E-state index is 13.5. The van der Waals surface area contributed by atoms with E-state index in [4.69, 9.17) is 0 Å². The van der Waals surface area contributed by atoms with Crippen molar-refractivity contribution in [2.24, 2.45) is 0 Å². The van der Waals surface area contributed by atoms with Gasteiger partial charge in [-0.2, -0.15) is 39.5 Å². The molecule has 0 saturated heterocycles. The SMILES string of the molecule is C=CCn1c(=O)n(CC=C)c(=O)n(C/C=C/C(F)(F)C(F)(F)C(F)(F)C(F)(F)F)c1=O. The van der Waals surface area contributed by atoms with Crippen LogP contribution < -0.4 is 17.1 Å². The van der Waals surface area contributed by atoms with Crippen molar-refractivity contribution in [1.29, 1.82) is 0 Å². The molecule has 1 rings (SSSR count). The lowest BCUT2D eigenvalue weighted by atomic mass is 10.0. The van der Waals surface area contributed by atoms with E-state index in [1.807, 2.05) is 0 Å². The second-order valence-electron chi connectivity index (χ2n) is 5.93. The summed E-state index contributed by atoms with van der Waals surface area (Å²) >= 11 is 0. The Bertz CT molecular complexity index is 997. The molecular weight excluding hydrogens is 453 g/mol. The van der Waals surface area contributed by atoms with Crippen molar-refractivity contribution in [3.05, 3.63) is 68.9 Å². The molecule has 0 aliphatic heterocycles. The first-order chi connectivity index (χ1) is 14.0. The molecule has 6 nitrogen and oxygen atoms in total. The summed E-state index contributed by atoms with van der Waals surface area (Å²) in [7, 11) is 0. The average molecular weight is 467 g/mol. The Morgan fingerprint density at radius 2 is 1.00 bits per heavy atom. The minimum atomic E-state index is -7.08. The normalized spacial score (nSPS) is 13.6. The van der Waals surface area contributed by atoms with Gasteiger partial charge in [-0.3, -0.25) is 0 Å². The fourth-order valence-electron chi connectivity index (χ4n) is 2.21. The third kappa shape index (κ3) is 4.54. The van der Waals surface area contributed by atoms with Crippen LogP contribution >= 0.6 is 0 Å². The van der Waals surface area contributed by atoms with Crippen LogP contribution in [-0.2, 0) is 19.6 Å². The molecule has 0 bridgehead atoms. The number of allylic oxidation sites excluding steroid dienone is 4. The Morgan fingerprint density at radius 1 is 0.645 bits per heavy atom. The molecule has 1 aromatic rings. The van der Waals surface area contributed by atoms with Gasteiger partial charge in [0.25, 0.3) is 0 Å². The van der Waals surface area contributed by atoms with Gasteiger partial charge in [-0.05, 0) is 6.08 Å². The summed E-state index contributed by atoms with van der Waals surface area (Å²) in [5.74, 6) is -20.0. The number of hydrogen-bond donors (Lipinski definition) is 0. The molecule has 0 aliphatic carbocycles. The zero-order valence-corrected chi connectivity index (χ0v) is 15.3. The second-order valence-corrected chi connectivity index (χ2v) is 5.93. The summed E-state index contributed by atoms with van der Waals surface area (Å²) in [6.07, 6.45) is -5.94. The Morgan fingerprint density at radius 3 is 1.32 bits per heavy atom. The quantitative estimate of drug-likeness (QED) is 0.414. The van der Waals surface area contributed by atoms with E-state index in [0.717, 1.165) is 12.2 Å². The predicted molar refractivity (Wildman–Crippen MR) is 89.7 cm³/mol. The van der Waals surface area contributed by atoms with Gasteiger partial charge in [0.2, 0.25) is 0 Å². The second kappa shape index (κ2) is 8.63. The third-order valence-corrected chi connectivity index (χ3v) is 3.79. The molecule has 0 fully saturated rings. The summed E-state index contributed by atoms with van der Waals surface area (Å²) in [6, 6.07) is 0. The zero-order chi connectivity index (χ0) is 24.4.